The van der Waals surface area contributed by atoms with Crippen molar-refractivity contribution in [3.8, 4) is 5.75 Å². The van der Waals surface area contributed by atoms with Crippen molar-refractivity contribution >= 4 is 39.8 Å². The van der Waals surface area contributed by atoms with Gasteiger partial charge in [0.05, 0.1) is 19.1 Å². The van der Waals surface area contributed by atoms with E-state index in [1.54, 1.807) is 13.3 Å². The SMILES string of the molecule is COc1ccc(SCC(=O)NN=Cc2ccccc2Br)cc1. The van der Waals surface area contributed by atoms with Gasteiger partial charge in [-0.1, -0.05) is 34.1 Å². The minimum atomic E-state index is -0.149. The first kappa shape index (κ1) is 16.6. The maximum absolute atomic E-state index is 11.7. The van der Waals surface area contributed by atoms with Crippen molar-refractivity contribution < 1.29 is 9.53 Å². The Morgan fingerprint density at radius 1 is 1.27 bits per heavy atom. The molecule has 0 aromatic heterocycles. The first-order chi connectivity index (χ1) is 10.7. The molecule has 1 amide bonds. The van der Waals surface area contributed by atoms with Crippen LogP contribution in [0.5, 0.6) is 5.75 Å². The van der Waals surface area contributed by atoms with Crippen LogP contribution < -0.4 is 10.2 Å². The fourth-order valence-corrected chi connectivity index (χ4v) is 2.68. The highest BCUT2D eigenvalue weighted by Gasteiger charge is 2.02. The summed E-state index contributed by atoms with van der Waals surface area (Å²) in [5.41, 5.74) is 3.42. The Labute approximate surface area is 142 Å². The molecule has 0 aliphatic carbocycles. The molecule has 0 fully saturated rings. The van der Waals surface area contributed by atoms with Crippen LogP contribution in [0, 0.1) is 0 Å². The first-order valence-electron chi connectivity index (χ1n) is 6.52. The summed E-state index contributed by atoms with van der Waals surface area (Å²) in [6.45, 7) is 0. The Balaban J connectivity index is 1.79. The number of nitrogens with zero attached hydrogens (tertiary/aromatic N) is 1. The van der Waals surface area contributed by atoms with E-state index >= 15 is 0 Å². The number of hydrogen-bond acceptors (Lipinski definition) is 4. The highest BCUT2D eigenvalue weighted by Crippen LogP contribution is 2.20. The zero-order valence-electron chi connectivity index (χ0n) is 12.0. The molecule has 0 radical (unpaired) electrons. The topological polar surface area (TPSA) is 50.7 Å². The van der Waals surface area contributed by atoms with Crippen molar-refractivity contribution in [2.45, 2.75) is 4.90 Å². The number of hydrazone groups is 1. The van der Waals surface area contributed by atoms with Gasteiger partial charge in [-0.25, -0.2) is 5.43 Å². The van der Waals surface area contributed by atoms with E-state index in [9.17, 15) is 4.79 Å². The summed E-state index contributed by atoms with van der Waals surface area (Å²) in [4.78, 5) is 12.7. The molecular weight excluding hydrogens is 364 g/mol. The maximum atomic E-state index is 11.7. The van der Waals surface area contributed by atoms with Crippen LogP contribution in [0.3, 0.4) is 0 Å². The predicted molar refractivity (Wildman–Crippen MR) is 93.6 cm³/mol. The number of methoxy groups -OCH3 is 1. The summed E-state index contributed by atoms with van der Waals surface area (Å²) >= 11 is 4.86. The molecule has 0 aliphatic rings. The number of benzene rings is 2. The number of ether oxygens (including phenoxy) is 1. The van der Waals surface area contributed by atoms with Crippen LogP contribution in [0.25, 0.3) is 0 Å². The lowest BCUT2D eigenvalue weighted by Crippen LogP contribution is -2.19. The van der Waals surface area contributed by atoms with Crippen LogP contribution in [-0.4, -0.2) is 25.0 Å². The molecule has 114 valence electrons. The zero-order chi connectivity index (χ0) is 15.8. The molecule has 2 aromatic rings. The third-order valence-corrected chi connectivity index (χ3v) is 4.46. The van der Waals surface area contributed by atoms with E-state index in [1.165, 1.54) is 11.8 Å². The van der Waals surface area contributed by atoms with Gasteiger partial charge in [0.2, 0.25) is 5.91 Å². The number of thioether (sulfide) groups is 1. The molecule has 6 heteroatoms. The summed E-state index contributed by atoms with van der Waals surface area (Å²) in [5.74, 6) is 0.954. The van der Waals surface area contributed by atoms with Gasteiger partial charge in [-0.15, -0.1) is 11.8 Å². The molecule has 4 nitrogen and oxygen atoms in total. The Morgan fingerprint density at radius 3 is 2.68 bits per heavy atom. The van der Waals surface area contributed by atoms with Gasteiger partial charge in [-0.05, 0) is 30.3 Å². The van der Waals surface area contributed by atoms with Gasteiger partial charge in [0.15, 0.2) is 0 Å². The number of halogens is 1. The summed E-state index contributed by atoms with van der Waals surface area (Å²) < 4.78 is 6.02. The molecule has 0 saturated carbocycles. The van der Waals surface area contributed by atoms with E-state index in [0.29, 0.717) is 5.75 Å². The molecule has 2 rings (SSSR count). The molecule has 0 heterocycles. The van der Waals surface area contributed by atoms with Crippen LogP contribution in [0.15, 0.2) is 63.0 Å². The number of hydrogen-bond donors (Lipinski definition) is 1. The average molecular weight is 379 g/mol. The Morgan fingerprint density at radius 2 is 2.00 bits per heavy atom. The Hall–Kier alpha value is -1.79. The van der Waals surface area contributed by atoms with Crippen molar-refractivity contribution in [2.75, 3.05) is 12.9 Å². The van der Waals surface area contributed by atoms with Crippen LogP contribution in [-0.2, 0) is 4.79 Å². The first-order valence-corrected chi connectivity index (χ1v) is 8.30. The Kier molecular flexibility index (Phi) is 6.48. The molecule has 0 saturated heterocycles. The molecule has 0 atom stereocenters. The molecule has 0 bridgehead atoms. The normalized spacial score (nSPS) is 10.6. The van der Waals surface area contributed by atoms with E-state index < -0.39 is 0 Å². The second kappa shape index (κ2) is 8.60. The zero-order valence-corrected chi connectivity index (χ0v) is 14.4. The van der Waals surface area contributed by atoms with Gasteiger partial charge in [-0.3, -0.25) is 4.79 Å². The van der Waals surface area contributed by atoms with Gasteiger partial charge in [-0.2, -0.15) is 5.10 Å². The van der Waals surface area contributed by atoms with Crippen molar-refractivity contribution in [2.24, 2.45) is 5.10 Å². The van der Waals surface area contributed by atoms with Gasteiger partial charge < -0.3 is 4.74 Å². The van der Waals surface area contributed by atoms with E-state index in [1.807, 2.05) is 48.5 Å². The second-order valence-electron chi connectivity index (χ2n) is 4.28. The number of nitrogens with one attached hydrogen (secondary N) is 1. The van der Waals surface area contributed by atoms with E-state index in [0.717, 1.165) is 20.7 Å². The van der Waals surface area contributed by atoms with Gasteiger partial charge in [0, 0.05) is 14.9 Å². The summed E-state index contributed by atoms with van der Waals surface area (Å²) in [5, 5.41) is 3.95. The molecular formula is C16H15BrN2O2S. The highest BCUT2D eigenvalue weighted by atomic mass is 79.9. The van der Waals surface area contributed by atoms with Crippen LogP contribution in [0.2, 0.25) is 0 Å². The lowest BCUT2D eigenvalue weighted by atomic mass is 10.2. The standard InChI is InChI=1S/C16H15BrN2O2S/c1-21-13-6-8-14(9-7-13)22-11-16(20)19-18-10-12-4-2-3-5-15(12)17/h2-10H,11H2,1H3,(H,19,20). The smallest absolute Gasteiger partial charge is 0.250 e. The average Bonchev–Trinajstić information content (AvgIpc) is 2.55. The van der Waals surface area contributed by atoms with Crippen LogP contribution in [0.1, 0.15) is 5.56 Å². The van der Waals surface area contributed by atoms with E-state index in [4.69, 9.17) is 4.74 Å². The van der Waals surface area contributed by atoms with Crippen molar-refractivity contribution in [1.29, 1.82) is 0 Å². The number of amides is 1. The predicted octanol–water partition coefficient (Wildman–Crippen LogP) is 3.70. The monoisotopic (exact) mass is 378 g/mol. The molecule has 22 heavy (non-hydrogen) atoms. The number of carbonyl (C=O) groups excluding carboxylic acids is 1. The quantitative estimate of drug-likeness (QED) is 0.473. The third-order valence-electron chi connectivity index (χ3n) is 2.73. The minimum Gasteiger partial charge on any atom is -0.497 e. The van der Waals surface area contributed by atoms with Gasteiger partial charge in [0.1, 0.15) is 5.75 Å². The maximum Gasteiger partial charge on any atom is 0.250 e. The molecule has 1 N–H and O–H groups in total. The molecule has 0 aliphatic heterocycles. The molecule has 0 unspecified atom stereocenters. The molecule has 2 aromatic carbocycles. The number of rotatable bonds is 6. The van der Waals surface area contributed by atoms with Crippen molar-refractivity contribution in [1.82, 2.24) is 5.43 Å². The van der Waals surface area contributed by atoms with E-state index in [2.05, 4.69) is 26.5 Å². The lowest BCUT2D eigenvalue weighted by Gasteiger charge is -2.03. The molecule has 0 spiro atoms. The summed E-state index contributed by atoms with van der Waals surface area (Å²) in [6, 6.07) is 15.2. The minimum absolute atomic E-state index is 0.149. The Bertz CT molecular complexity index is 659. The number of carbonyl (C=O) groups is 1. The van der Waals surface area contributed by atoms with Crippen molar-refractivity contribution in [3.63, 3.8) is 0 Å². The largest absolute Gasteiger partial charge is 0.497 e. The van der Waals surface area contributed by atoms with Crippen molar-refractivity contribution in [3.05, 3.63) is 58.6 Å². The lowest BCUT2D eigenvalue weighted by molar-refractivity contribution is -0.118. The van der Waals surface area contributed by atoms with Gasteiger partial charge in [0.25, 0.3) is 0 Å². The van der Waals surface area contributed by atoms with E-state index in [-0.39, 0.29) is 5.91 Å². The van der Waals surface area contributed by atoms with Gasteiger partial charge >= 0.3 is 0 Å². The fraction of sp³-hybridized carbons (Fsp3) is 0.125. The third kappa shape index (κ3) is 5.20. The summed E-state index contributed by atoms with van der Waals surface area (Å²) in [6.07, 6.45) is 1.61. The second-order valence-corrected chi connectivity index (χ2v) is 6.18. The summed E-state index contributed by atoms with van der Waals surface area (Å²) in [7, 11) is 1.62. The van der Waals surface area contributed by atoms with Crippen LogP contribution >= 0.6 is 27.7 Å². The highest BCUT2D eigenvalue weighted by molar-refractivity contribution is 9.10. The fourth-order valence-electron chi connectivity index (χ4n) is 1.61. The van der Waals surface area contributed by atoms with Crippen LogP contribution in [0.4, 0.5) is 0 Å².